The third kappa shape index (κ3) is 2.68. The summed E-state index contributed by atoms with van der Waals surface area (Å²) < 4.78 is 1.54. The van der Waals surface area contributed by atoms with Crippen molar-refractivity contribution in [2.24, 2.45) is 7.05 Å². The van der Waals surface area contributed by atoms with E-state index in [4.69, 9.17) is 0 Å². The van der Waals surface area contributed by atoms with E-state index in [0.29, 0.717) is 24.2 Å². The van der Waals surface area contributed by atoms with Gasteiger partial charge in [0.25, 0.3) is 5.91 Å². The molecule has 0 bridgehead atoms. The molecule has 3 rings (SSSR count). The summed E-state index contributed by atoms with van der Waals surface area (Å²) in [6.45, 7) is 4.40. The van der Waals surface area contributed by atoms with Gasteiger partial charge >= 0.3 is 5.97 Å². The van der Waals surface area contributed by atoms with Crippen molar-refractivity contribution in [1.82, 2.24) is 14.7 Å². The van der Waals surface area contributed by atoms with Crippen molar-refractivity contribution in [1.29, 1.82) is 0 Å². The standard InChI is InChI=1S/C18H21N3O3/c1-11(2)14-10-15(20(3)19-14)17(22)21-9-8-12-6-4-5-7-13(12)16(21)18(23)24/h4-7,10-11,16H,8-9H2,1-3H3,(H,23,24)/t16-/m0/s1. The zero-order chi connectivity index (χ0) is 17.4. The first-order valence-electron chi connectivity index (χ1n) is 8.05. The number of aryl methyl sites for hydroxylation is 1. The highest BCUT2D eigenvalue weighted by Crippen LogP contribution is 2.31. The number of aliphatic carboxylic acids is 1. The molecule has 1 aliphatic rings. The second kappa shape index (κ2) is 6.11. The Kier molecular flexibility index (Phi) is 4.13. The zero-order valence-electron chi connectivity index (χ0n) is 14.1. The molecule has 2 aromatic rings. The van der Waals surface area contributed by atoms with E-state index in [1.165, 1.54) is 9.58 Å². The molecule has 1 amide bonds. The van der Waals surface area contributed by atoms with Crippen molar-refractivity contribution in [3.05, 3.63) is 52.8 Å². The average molecular weight is 327 g/mol. The summed E-state index contributed by atoms with van der Waals surface area (Å²) in [4.78, 5) is 26.3. The maximum Gasteiger partial charge on any atom is 0.331 e. The number of benzene rings is 1. The van der Waals surface area contributed by atoms with E-state index >= 15 is 0 Å². The van der Waals surface area contributed by atoms with Crippen molar-refractivity contribution < 1.29 is 14.7 Å². The normalized spacial score (nSPS) is 17.0. The van der Waals surface area contributed by atoms with Gasteiger partial charge in [-0.15, -0.1) is 0 Å². The lowest BCUT2D eigenvalue weighted by molar-refractivity contribution is -0.143. The molecule has 1 N–H and O–H groups in total. The van der Waals surface area contributed by atoms with Crippen molar-refractivity contribution >= 4 is 11.9 Å². The number of hydrogen-bond donors (Lipinski definition) is 1. The molecule has 0 saturated carbocycles. The second-order valence-electron chi connectivity index (χ2n) is 6.42. The number of hydrogen-bond acceptors (Lipinski definition) is 3. The number of carboxylic acids is 1. The molecule has 24 heavy (non-hydrogen) atoms. The van der Waals surface area contributed by atoms with Crippen LogP contribution in [0.25, 0.3) is 0 Å². The van der Waals surface area contributed by atoms with Crippen LogP contribution in [0.4, 0.5) is 0 Å². The molecule has 6 nitrogen and oxygen atoms in total. The minimum absolute atomic E-state index is 0.204. The Balaban J connectivity index is 1.99. The average Bonchev–Trinajstić information content (AvgIpc) is 2.95. The van der Waals surface area contributed by atoms with E-state index < -0.39 is 12.0 Å². The van der Waals surface area contributed by atoms with E-state index in [1.807, 2.05) is 32.0 Å². The number of aromatic nitrogens is 2. The van der Waals surface area contributed by atoms with Crippen LogP contribution in [0.3, 0.4) is 0 Å². The molecule has 6 heteroatoms. The van der Waals surface area contributed by atoms with Crippen LogP contribution in [0.1, 0.15) is 53.1 Å². The van der Waals surface area contributed by atoms with Gasteiger partial charge in [0.15, 0.2) is 6.04 Å². The lowest BCUT2D eigenvalue weighted by Gasteiger charge is -2.34. The lowest BCUT2D eigenvalue weighted by atomic mass is 9.92. The van der Waals surface area contributed by atoms with Crippen molar-refractivity contribution in [3.63, 3.8) is 0 Å². The molecule has 126 valence electrons. The van der Waals surface area contributed by atoms with Gasteiger partial charge in [0.1, 0.15) is 5.69 Å². The largest absolute Gasteiger partial charge is 0.479 e. The third-order valence-electron chi connectivity index (χ3n) is 4.49. The Morgan fingerprint density at radius 2 is 2.00 bits per heavy atom. The van der Waals surface area contributed by atoms with Crippen LogP contribution in [0.5, 0.6) is 0 Å². The SMILES string of the molecule is CC(C)c1cc(C(=O)N2CCc3ccccc3[C@H]2C(=O)O)n(C)n1. The summed E-state index contributed by atoms with van der Waals surface area (Å²) in [5, 5.41) is 14.1. The number of amides is 1. The highest BCUT2D eigenvalue weighted by atomic mass is 16.4. The first-order valence-corrected chi connectivity index (χ1v) is 8.05. The number of rotatable bonds is 3. The topological polar surface area (TPSA) is 75.4 Å². The fraction of sp³-hybridized carbons (Fsp3) is 0.389. The van der Waals surface area contributed by atoms with Gasteiger partial charge in [-0.25, -0.2) is 4.79 Å². The van der Waals surface area contributed by atoms with Gasteiger partial charge in [-0.05, 0) is 29.5 Å². The molecule has 0 unspecified atom stereocenters. The summed E-state index contributed by atoms with van der Waals surface area (Å²) in [5.74, 6) is -1.10. The van der Waals surface area contributed by atoms with Crippen molar-refractivity contribution in [3.8, 4) is 0 Å². The van der Waals surface area contributed by atoms with Crippen molar-refractivity contribution in [2.45, 2.75) is 32.2 Å². The minimum atomic E-state index is -1.01. The van der Waals surface area contributed by atoms with Crippen LogP contribution >= 0.6 is 0 Å². The Hall–Kier alpha value is -2.63. The van der Waals surface area contributed by atoms with Crippen LogP contribution < -0.4 is 0 Å². The summed E-state index contributed by atoms with van der Waals surface area (Å²) in [7, 11) is 1.72. The molecule has 2 heterocycles. The Morgan fingerprint density at radius 1 is 1.29 bits per heavy atom. The van der Waals surface area contributed by atoms with Gasteiger partial charge in [0.2, 0.25) is 0 Å². The second-order valence-corrected chi connectivity index (χ2v) is 6.42. The third-order valence-corrected chi connectivity index (χ3v) is 4.49. The monoisotopic (exact) mass is 327 g/mol. The van der Waals surface area contributed by atoms with E-state index in [-0.39, 0.29) is 11.8 Å². The summed E-state index contributed by atoms with van der Waals surface area (Å²) in [6, 6.07) is 8.21. The van der Waals surface area contributed by atoms with Gasteiger partial charge < -0.3 is 10.0 Å². The van der Waals surface area contributed by atoms with E-state index in [1.54, 1.807) is 19.2 Å². The molecular weight excluding hydrogens is 306 g/mol. The molecule has 1 atom stereocenters. The lowest BCUT2D eigenvalue weighted by Crippen LogP contribution is -2.44. The van der Waals surface area contributed by atoms with Crippen LogP contribution in [-0.2, 0) is 18.3 Å². The van der Waals surface area contributed by atoms with Crippen LogP contribution in [0.2, 0.25) is 0 Å². The molecule has 1 aromatic carbocycles. The number of nitrogens with zero attached hydrogens (tertiary/aromatic N) is 3. The molecule has 0 fully saturated rings. The quantitative estimate of drug-likeness (QED) is 0.939. The first-order chi connectivity index (χ1) is 11.4. The Labute approximate surface area is 140 Å². The van der Waals surface area contributed by atoms with Gasteiger partial charge in [-0.3, -0.25) is 9.48 Å². The highest BCUT2D eigenvalue weighted by Gasteiger charge is 2.37. The minimum Gasteiger partial charge on any atom is -0.479 e. The fourth-order valence-electron chi connectivity index (χ4n) is 3.17. The van der Waals surface area contributed by atoms with Gasteiger partial charge in [-0.2, -0.15) is 5.10 Å². The molecule has 0 spiro atoms. The summed E-state index contributed by atoms with van der Waals surface area (Å²) >= 11 is 0. The highest BCUT2D eigenvalue weighted by molar-refractivity contribution is 5.96. The smallest absolute Gasteiger partial charge is 0.331 e. The Bertz CT molecular complexity index is 795. The molecule has 1 aromatic heterocycles. The predicted molar refractivity (Wildman–Crippen MR) is 88.9 cm³/mol. The molecule has 1 aliphatic heterocycles. The van der Waals surface area contributed by atoms with Gasteiger partial charge in [0, 0.05) is 13.6 Å². The number of carbonyl (C=O) groups is 2. The van der Waals surface area contributed by atoms with Gasteiger partial charge in [0.05, 0.1) is 5.69 Å². The van der Waals surface area contributed by atoms with E-state index in [9.17, 15) is 14.7 Å². The molecule has 0 aliphatic carbocycles. The maximum atomic E-state index is 13.0. The van der Waals surface area contributed by atoms with Gasteiger partial charge in [-0.1, -0.05) is 38.1 Å². The first kappa shape index (κ1) is 16.2. The molecule has 0 saturated heterocycles. The Morgan fingerprint density at radius 3 is 2.62 bits per heavy atom. The maximum absolute atomic E-state index is 13.0. The molecular formula is C18H21N3O3. The predicted octanol–water partition coefficient (Wildman–Crippen LogP) is 2.37. The zero-order valence-corrected chi connectivity index (χ0v) is 14.1. The van der Waals surface area contributed by atoms with Crippen LogP contribution in [0.15, 0.2) is 30.3 Å². The number of carboxylic acid groups (broad SMARTS) is 1. The van der Waals surface area contributed by atoms with Crippen molar-refractivity contribution in [2.75, 3.05) is 6.54 Å². The number of carbonyl (C=O) groups excluding carboxylic acids is 1. The molecule has 0 radical (unpaired) electrons. The van der Waals surface area contributed by atoms with Crippen LogP contribution in [-0.4, -0.2) is 38.2 Å². The van der Waals surface area contributed by atoms with Crippen LogP contribution in [0, 0.1) is 0 Å². The van der Waals surface area contributed by atoms with E-state index in [2.05, 4.69) is 5.10 Å². The summed E-state index contributed by atoms with van der Waals surface area (Å²) in [5.41, 5.74) is 2.92. The number of fused-ring (bicyclic) bond motifs is 1. The van der Waals surface area contributed by atoms with E-state index in [0.717, 1.165) is 11.3 Å². The summed E-state index contributed by atoms with van der Waals surface area (Å²) in [6.07, 6.45) is 0.653. The fourth-order valence-corrected chi connectivity index (χ4v) is 3.17.